The van der Waals surface area contributed by atoms with Gasteiger partial charge in [-0.1, -0.05) is 62.4 Å². The van der Waals surface area contributed by atoms with E-state index in [1.165, 1.54) is 0 Å². The molecule has 2 fully saturated rings. The van der Waals surface area contributed by atoms with Crippen LogP contribution in [0.25, 0.3) is 0 Å². The minimum Gasteiger partial charge on any atom is -0.445 e. The third-order valence-corrected chi connectivity index (χ3v) is 8.07. The fraction of sp³-hybridized carbons (Fsp3) is 0.688. The zero-order chi connectivity index (χ0) is 31.4. The molecule has 43 heavy (non-hydrogen) atoms. The molecule has 6 atom stereocenters. The summed E-state index contributed by atoms with van der Waals surface area (Å²) < 4.78 is 11.4. The van der Waals surface area contributed by atoms with Crippen LogP contribution in [0.4, 0.5) is 4.79 Å². The van der Waals surface area contributed by atoms with Crippen molar-refractivity contribution in [2.75, 3.05) is 6.54 Å². The summed E-state index contributed by atoms with van der Waals surface area (Å²) in [4.78, 5) is 52.0. The molecule has 1 aliphatic carbocycles. The van der Waals surface area contributed by atoms with E-state index in [4.69, 9.17) is 9.47 Å². The molecule has 1 aromatic rings. The summed E-state index contributed by atoms with van der Waals surface area (Å²) in [5.74, 6) is -0.965. The summed E-state index contributed by atoms with van der Waals surface area (Å²) in [6, 6.07) is 6.32. The SMILES string of the molecule is CC(OC(C)(C)C)[C@H](NC(=O)OCc1ccccc1)C(=O)N[C@@H](CC1CCCCC1)C(=O)N[C@H](C=O)C[C@@H]1CCNC1O. The molecule has 3 amide bonds. The summed E-state index contributed by atoms with van der Waals surface area (Å²) in [7, 11) is 0. The Labute approximate surface area is 255 Å². The second-order valence-electron chi connectivity index (χ2n) is 12.9. The van der Waals surface area contributed by atoms with E-state index in [1.807, 2.05) is 51.1 Å². The first-order chi connectivity index (χ1) is 20.4. The van der Waals surface area contributed by atoms with E-state index in [1.54, 1.807) is 6.92 Å². The summed E-state index contributed by atoms with van der Waals surface area (Å²) in [6.07, 6.45) is 4.98. The number of aliphatic hydroxyl groups is 1. The number of ether oxygens (including phenoxy) is 2. The summed E-state index contributed by atoms with van der Waals surface area (Å²) in [5.41, 5.74) is 0.191. The Bertz CT molecular complexity index is 1040. The Morgan fingerprint density at radius 3 is 2.30 bits per heavy atom. The monoisotopic (exact) mass is 602 g/mol. The van der Waals surface area contributed by atoms with Crippen molar-refractivity contribution in [3.8, 4) is 0 Å². The molecule has 3 rings (SSSR count). The predicted molar refractivity (Wildman–Crippen MR) is 162 cm³/mol. The number of rotatable bonds is 14. The number of carbonyl (C=O) groups is 4. The Morgan fingerprint density at radius 2 is 1.70 bits per heavy atom. The van der Waals surface area contributed by atoms with Gasteiger partial charge in [0.1, 0.15) is 31.2 Å². The number of nitrogens with one attached hydrogen (secondary N) is 4. The van der Waals surface area contributed by atoms with Crippen LogP contribution in [0.15, 0.2) is 30.3 Å². The minimum atomic E-state index is -1.15. The first-order valence-corrected chi connectivity index (χ1v) is 15.6. The fourth-order valence-corrected chi connectivity index (χ4v) is 5.91. The van der Waals surface area contributed by atoms with E-state index in [2.05, 4.69) is 21.3 Å². The molecule has 0 radical (unpaired) electrons. The Hall–Kier alpha value is -3.02. The first-order valence-electron chi connectivity index (χ1n) is 15.6. The first kappa shape index (κ1) is 34.5. The second-order valence-corrected chi connectivity index (χ2v) is 12.9. The van der Waals surface area contributed by atoms with Crippen LogP contribution < -0.4 is 21.3 Å². The molecule has 240 valence electrons. The van der Waals surface area contributed by atoms with Crippen LogP contribution in [0.1, 0.15) is 84.6 Å². The topological polar surface area (TPSA) is 155 Å². The Kier molecular flexibility index (Phi) is 13.4. The van der Waals surface area contributed by atoms with Crippen molar-refractivity contribution in [3.05, 3.63) is 35.9 Å². The molecule has 5 N–H and O–H groups in total. The average Bonchev–Trinajstić information content (AvgIpc) is 3.37. The number of hydrogen-bond donors (Lipinski definition) is 5. The second kappa shape index (κ2) is 16.7. The van der Waals surface area contributed by atoms with Crippen molar-refractivity contribution in [1.29, 1.82) is 0 Å². The zero-order valence-corrected chi connectivity index (χ0v) is 26.0. The third kappa shape index (κ3) is 11.9. The van der Waals surface area contributed by atoms with Gasteiger partial charge in [-0.15, -0.1) is 0 Å². The smallest absolute Gasteiger partial charge is 0.408 e. The van der Waals surface area contributed by atoms with Gasteiger partial charge >= 0.3 is 6.09 Å². The maximum absolute atomic E-state index is 13.8. The maximum atomic E-state index is 13.8. The van der Waals surface area contributed by atoms with E-state index in [9.17, 15) is 24.3 Å². The number of alkyl carbamates (subject to hydrolysis) is 1. The highest BCUT2D eigenvalue weighted by atomic mass is 16.6. The number of hydrogen-bond acceptors (Lipinski definition) is 8. The number of carbonyl (C=O) groups excluding carboxylic acids is 4. The molecule has 1 aromatic carbocycles. The number of benzene rings is 1. The normalized spacial score (nSPS) is 22.1. The van der Waals surface area contributed by atoms with Crippen LogP contribution in [0, 0.1) is 11.8 Å². The lowest BCUT2D eigenvalue weighted by atomic mass is 9.84. The average molecular weight is 603 g/mol. The van der Waals surface area contributed by atoms with Gasteiger partial charge in [-0.2, -0.15) is 0 Å². The van der Waals surface area contributed by atoms with Gasteiger partial charge in [-0.3, -0.25) is 14.9 Å². The van der Waals surface area contributed by atoms with Gasteiger partial charge in [0.2, 0.25) is 11.8 Å². The molecule has 2 aliphatic rings. The molecule has 1 saturated heterocycles. The quantitative estimate of drug-likeness (QED) is 0.204. The summed E-state index contributed by atoms with van der Waals surface area (Å²) in [5, 5.41) is 21.4. The molecule has 1 saturated carbocycles. The lowest BCUT2D eigenvalue weighted by Crippen LogP contribution is -2.59. The van der Waals surface area contributed by atoms with Gasteiger partial charge in [-0.05, 0) is 65.0 Å². The van der Waals surface area contributed by atoms with E-state index < -0.39 is 54.0 Å². The van der Waals surface area contributed by atoms with E-state index in [0.29, 0.717) is 32.1 Å². The predicted octanol–water partition coefficient (Wildman–Crippen LogP) is 2.94. The molecule has 1 aliphatic heterocycles. The molecular weight excluding hydrogens is 552 g/mol. The van der Waals surface area contributed by atoms with Gasteiger partial charge < -0.3 is 35.3 Å². The van der Waals surface area contributed by atoms with Crippen LogP contribution in [0.3, 0.4) is 0 Å². The lowest BCUT2D eigenvalue weighted by Gasteiger charge is -2.32. The lowest BCUT2D eigenvalue weighted by molar-refractivity contribution is -0.136. The van der Waals surface area contributed by atoms with Crippen LogP contribution >= 0.6 is 0 Å². The standard InChI is InChI=1S/C32H50N4O7/c1-21(43-32(2,3)4)27(36-31(41)42-20-23-13-9-6-10-14-23)30(40)35-26(17-22-11-7-5-8-12-22)29(39)34-25(19-37)18-24-15-16-33-28(24)38/h6,9-10,13-14,19,21-22,24-28,33,38H,5,7-8,11-12,15-18,20H2,1-4H3,(H,34,39)(H,35,40)(H,36,41)/t21?,24-,25-,26-,27-,28?/m0/s1. The molecule has 1 heterocycles. The van der Waals surface area contributed by atoms with Crippen LogP contribution in [-0.4, -0.2) is 71.9 Å². The minimum absolute atomic E-state index is 0.0283. The van der Waals surface area contributed by atoms with Gasteiger partial charge in [-0.25, -0.2) is 4.79 Å². The summed E-state index contributed by atoms with van der Waals surface area (Å²) >= 11 is 0. The van der Waals surface area contributed by atoms with Crippen LogP contribution in [-0.2, 0) is 30.5 Å². The van der Waals surface area contributed by atoms with E-state index >= 15 is 0 Å². The van der Waals surface area contributed by atoms with Crippen molar-refractivity contribution in [3.63, 3.8) is 0 Å². The highest BCUT2D eigenvalue weighted by molar-refractivity contribution is 5.92. The van der Waals surface area contributed by atoms with Crippen molar-refractivity contribution < 1.29 is 33.8 Å². The van der Waals surface area contributed by atoms with Crippen LogP contribution in [0.2, 0.25) is 0 Å². The van der Waals surface area contributed by atoms with Crippen molar-refractivity contribution in [2.45, 2.75) is 122 Å². The molecule has 0 bridgehead atoms. The van der Waals surface area contributed by atoms with Gasteiger partial charge in [0, 0.05) is 5.92 Å². The van der Waals surface area contributed by atoms with E-state index in [-0.39, 0.29) is 18.4 Å². The largest absolute Gasteiger partial charge is 0.445 e. The fourth-order valence-electron chi connectivity index (χ4n) is 5.91. The highest BCUT2D eigenvalue weighted by Crippen LogP contribution is 2.28. The number of aliphatic hydroxyl groups excluding tert-OH is 1. The zero-order valence-electron chi connectivity index (χ0n) is 26.0. The molecule has 11 nitrogen and oxygen atoms in total. The number of aldehydes is 1. The third-order valence-electron chi connectivity index (χ3n) is 8.07. The van der Waals surface area contributed by atoms with Gasteiger partial charge in [0.05, 0.1) is 17.7 Å². The maximum Gasteiger partial charge on any atom is 0.408 e. The molecule has 0 aromatic heterocycles. The van der Waals surface area contributed by atoms with Gasteiger partial charge in [0.15, 0.2) is 0 Å². The molecular formula is C32H50N4O7. The molecule has 0 spiro atoms. The summed E-state index contributed by atoms with van der Waals surface area (Å²) in [6.45, 7) is 7.90. The van der Waals surface area contributed by atoms with Crippen LogP contribution in [0.5, 0.6) is 0 Å². The highest BCUT2D eigenvalue weighted by Gasteiger charge is 2.36. The molecule has 2 unspecified atom stereocenters. The van der Waals surface area contributed by atoms with Crippen molar-refractivity contribution >= 4 is 24.2 Å². The van der Waals surface area contributed by atoms with E-state index in [0.717, 1.165) is 37.7 Å². The van der Waals surface area contributed by atoms with Crippen molar-refractivity contribution in [1.82, 2.24) is 21.3 Å². The van der Waals surface area contributed by atoms with Crippen molar-refractivity contribution in [2.24, 2.45) is 11.8 Å². The number of amides is 3. The Balaban J connectivity index is 1.73. The van der Waals surface area contributed by atoms with Gasteiger partial charge in [0.25, 0.3) is 0 Å². The Morgan fingerprint density at radius 1 is 1.00 bits per heavy atom. The molecule has 11 heteroatoms.